The van der Waals surface area contributed by atoms with Gasteiger partial charge in [-0.1, -0.05) is 29.8 Å². The van der Waals surface area contributed by atoms with E-state index in [1.54, 1.807) is 43.3 Å². The van der Waals surface area contributed by atoms with Crippen molar-refractivity contribution in [2.45, 2.75) is 26.9 Å². The Bertz CT molecular complexity index is 878. The van der Waals surface area contributed by atoms with E-state index < -0.39 is 18.0 Å². The molecule has 5 heteroatoms. The zero-order valence-corrected chi connectivity index (χ0v) is 15.8. The lowest BCUT2D eigenvalue weighted by atomic mass is 9.99. The maximum atomic E-state index is 12.5. The lowest BCUT2D eigenvalue weighted by Crippen LogP contribution is -2.24. The smallest absolute Gasteiger partial charge is 0.337 e. The van der Waals surface area contributed by atoms with Crippen molar-refractivity contribution in [3.63, 3.8) is 0 Å². The van der Waals surface area contributed by atoms with Crippen molar-refractivity contribution in [3.05, 3.63) is 76.4 Å². The number of aryl methyl sites for hydroxylation is 2. The predicted octanol–water partition coefficient (Wildman–Crippen LogP) is 3.92. The van der Waals surface area contributed by atoms with E-state index in [2.05, 4.69) is 4.74 Å². The summed E-state index contributed by atoms with van der Waals surface area (Å²) < 4.78 is 9.84. The zero-order valence-electron chi connectivity index (χ0n) is 15.8. The standard InChI is InChI=1S/C22H22O5/c1-14-5-6-15(2)19(13-14)21(24)16(3)27-20(23)12-9-17-7-10-18(11-8-17)22(25)26-4/h5-13,16H,1-4H3/b12-9+/t16-/m1/s1. The molecule has 1 atom stereocenters. The van der Waals surface area contributed by atoms with Crippen LogP contribution in [0, 0.1) is 13.8 Å². The monoisotopic (exact) mass is 366 g/mol. The number of rotatable bonds is 6. The van der Waals surface area contributed by atoms with Crippen molar-refractivity contribution >= 4 is 23.8 Å². The Morgan fingerprint density at radius 2 is 1.67 bits per heavy atom. The van der Waals surface area contributed by atoms with E-state index in [-0.39, 0.29) is 5.78 Å². The van der Waals surface area contributed by atoms with E-state index in [9.17, 15) is 14.4 Å². The summed E-state index contributed by atoms with van der Waals surface area (Å²) in [6.45, 7) is 5.31. The van der Waals surface area contributed by atoms with Gasteiger partial charge in [0.1, 0.15) is 0 Å². The van der Waals surface area contributed by atoms with Crippen LogP contribution in [-0.2, 0) is 14.3 Å². The third-order valence-electron chi connectivity index (χ3n) is 4.06. The van der Waals surface area contributed by atoms with E-state index in [0.29, 0.717) is 16.7 Å². The van der Waals surface area contributed by atoms with Crippen LogP contribution in [-0.4, -0.2) is 30.9 Å². The van der Waals surface area contributed by atoms with Crippen LogP contribution in [0.5, 0.6) is 0 Å². The third-order valence-corrected chi connectivity index (χ3v) is 4.06. The van der Waals surface area contributed by atoms with Gasteiger partial charge in [0.25, 0.3) is 0 Å². The molecule has 140 valence electrons. The average molecular weight is 366 g/mol. The minimum atomic E-state index is -0.885. The van der Waals surface area contributed by atoms with Crippen molar-refractivity contribution < 1.29 is 23.9 Å². The Balaban J connectivity index is 2.00. The van der Waals surface area contributed by atoms with Crippen LogP contribution < -0.4 is 0 Å². The quantitative estimate of drug-likeness (QED) is 0.440. The summed E-state index contributed by atoms with van der Waals surface area (Å²) >= 11 is 0. The highest BCUT2D eigenvalue weighted by Gasteiger charge is 2.20. The fourth-order valence-corrected chi connectivity index (χ4v) is 2.50. The van der Waals surface area contributed by atoms with Gasteiger partial charge in [-0.05, 0) is 56.2 Å². The first-order chi connectivity index (χ1) is 12.8. The summed E-state index contributed by atoms with van der Waals surface area (Å²) in [5, 5.41) is 0. The maximum absolute atomic E-state index is 12.5. The molecule has 0 N–H and O–H groups in total. The Morgan fingerprint density at radius 1 is 1.00 bits per heavy atom. The number of carbonyl (C=O) groups is 3. The molecule has 0 saturated carbocycles. The van der Waals surface area contributed by atoms with Gasteiger partial charge in [-0.2, -0.15) is 0 Å². The first kappa shape index (κ1) is 20.1. The SMILES string of the molecule is COC(=O)c1ccc(/C=C/C(=O)O[C@H](C)C(=O)c2cc(C)ccc2C)cc1. The van der Waals surface area contributed by atoms with Gasteiger partial charge in [-0.3, -0.25) is 4.79 Å². The van der Waals surface area contributed by atoms with Gasteiger partial charge in [0, 0.05) is 11.6 Å². The molecule has 5 nitrogen and oxygen atoms in total. The van der Waals surface area contributed by atoms with Crippen LogP contribution in [0.1, 0.15) is 44.3 Å². The largest absolute Gasteiger partial charge is 0.465 e. The summed E-state index contributed by atoms with van der Waals surface area (Å²) in [5.41, 5.74) is 3.50. The van der Waals surface area contributed by atoms with Gasteiger partial charge in [-0.15, -0.1) is 0 Å². The minimum Gasteiger partial charge on any atom is -0.465 e. The molecular weight excluding hydrogens is 344 g/mol. The van der Waals surface area contributed by atoms with E-state index >= 15 is 0 Å². The van der Waals surface area contributed by atoms with Crippen molar-refractivity contribution in [2.75, 3.05) is 7.11 Å². The molecule has 0 aromatic heterocycles. The topological polar surface area (TPSA) is 69.7 Å². The highest BCUT2D eigenvalue weighted by atomic mass is 16.5. The number of ketones is 1. The molecule has 0 spiro atoms. The second-order valence-corrected chi connectivity index (χ2v) is 6.21. The molecule has 0 heterocycles. The van der Waals surface area contributed by atoms with Crippen molar-refractivity contribution in [3.8, 4) is 0 Å². The molecule has 0 saturated heterocycles. The highest BCUT2D eigenvalue weighted by molar-refractivity contribution is 6.02. The Morgan fingerprint density at radius 3 is 2.30 bits per heavy atom. The molecule has 2 aromatic rings. The first-order valence-electron chi connectivity index (χ1n) is 8.50. The molecular formula is C22H22O5. The molecule has 2 aromatic carbocycles. The summed E-state index contributed by atoms with van der Waals surface area (Å²) in [4.78, 5) is 35.9. The Hall–Kier alpha value is -3.21. The predicted molar refractivity (Wildman–Crippen MR) is 103 cm³/mol. The van der Waals surface area contributed by atoms with Crippen molar-refractivity contribution in [1.82, 2.24) is 0 Å². The normalized spacial score (nSPS) is 11.9. The second-order valence-electron chi connectivity index (χ2n) is 6.21. The maximum Gasteiger partial charge on any atom is 0.337 e. The molecule has 0 fully saturated rings. The minimum absolute atomic E-state index is 0.236. The molecule has 0 bridgehead atoms. The van der Waals surface area contributed by atoms with E-state index in [0.717, 1.165) is 11.1 Å². The number of hydrogen-bond acceptors (Lipinski definition) is 5. The van der Waals surface area contributed by atoms with Crippen LogP contribution >= 0.6 is 0 Å². The number of carbonyl (C=O) groups excluding carboxylic acids is 3. The van der Waals surface area contributed by atoms with Gasteiger partial charge in [0.05, 0.1) is 12.7 Å². The summed E-state index contributed by atoms with van der Waals surface area (Å²) in [7, 11) is 1.31. The van der Waals surface area contributed by atoms with Crippen molar-refractivity contribution in [1.29, 1.82) is 0 Å². The van der Waals surface area contributed by atoms with Gasteiger partial charge in [-0.25, -0.2) is 9.59 Å². The van der Waals surface area contributed by atoms with E-state index in [1.807, 2.05) is 26.0 Å². The fourth-order valence-electron chi connectivity index (χ4n) is 2.50. The lowest BCUT2D eigenvalue weighted by molar-refractivity contribution is -0.140. The number of ether oxygens (including phenoxy) is 2. The third kappa shape index (κ3) is 5.38. The van der Waals surface area contributed by atoms with Crippen molar-refractivity contribution in [2.24, 2.45) is 0 Å². The number of hydrogen-bond donors (Lipinski definition) is 0. The van der Waals surface area contributed by atoms with Crippen LogP contribution in [0.2, 0.25) is 0 Å². The van der Waals surface area contributed by atoms with Crippen LogP contribution in [0.25, 0.3) is 6.08 Å². The van der Waals surface area contributed by atoms with Gasteiger partial charge in [0.15, 0.2) is 6.10 Å². The molecule has 0 unspecified atom stereocenters. The molecule has 0 aliphatic carbocycles. The number of Topliss-reactive ketones (excluding diaryl/α,β-unsaturated/α-hetero) is 1. The Kier molecular flexibility index (Phi) is 6.66. The van der Waals surface area contributed by atoms with Crippen LogP contribution in [0.4, 0.5) is 0 Å². The average Bonchev–Trinajstić information content (AvgIpc) is 2.67. The van der Waals surface area contributed by atoms with E-state index in [4.69, 9.17) is 4.74 Å². The van der Waals surface area contributed by atoms with Gasteiger partial charge < -0.3 is 9.47 Å². The summed E-state index contributed by atoms with van der Waals surface area (Å²) in [6, 6.07) is 12.2. The number of esters is 2. The number of benzene rings is 2. The molecule has 0 radical (unpaired) electrons. The summed E-state index contributed by atoms with van der Waals surface area (Å²) in [5.74, 6) is -1.28. The molecule has 0 aliphatic rings. The second kappa shape index (κ2) is 8.94. The lowest BCUT2D eigenvalue weighted by Gasteiger charge is -2.13. The van der Waals surface area contributed by atoms with Gasteiger partial charge in [0.2, 0.25) is 5.78 Å². The number of methoxy groups -OCH3 is 1. The Labute approximate surface area is 158 Å². The fraction of sp³-hybridized carbons (Fsp3) is 0.227. The highest BCUT2D eigenvalue weighted by Crippen LogP contribution is 2.15. The van der Waals surface area contributed by atoms with Gasteiger partial charge >= 0.3 is 11.9 Å². The molecule has 0 amide bonds. The van der Waals surface area contributed by atoms with Crippen LogP contribution in [0.3, 0.4) is 0 Å². The molecule has 2 rings (SSSR count). The molecule has 27 heavy (non-hydrogen) atoms. The molecule has 0 aliphatic heterocycles. The van der Waals surface area contributed by atoms with E-state index in [1.165, 1.54) is 13.2 Å². The zero-order chi connectivity index (χ0) is 20.0. The summed E-state index contributed by atoms with van der Waals surface area (Å²) in [6.07, 6.45) is 1.92. The first-order valence-corrected chi connectivity index (χ1v) is 8.50. The van der Waals surface area contributed by atoms with Crippen LogP contribution in [0.15, 0.2) is 48.5 Å².